The van der Waals surface area contributed by atoms with Crippen LogP contribution >= 0.6 is 67.8 Å². The largest absolute Gasteiger partial charge is 0.366 e. The van der Waals surface area contributed by atoms with E-state index in [0.29, 0.717) is 14.2 Å². The summed E-state index contributed by atoms with van der Waals surface area (Å²) < 4.78 is 7.88. The standard InChI is InChI=1S/C15H8I3NO5/c16-5-1-2-6(17)12(18)9(5)15(22)24-19-13(20)10-7-3-4-8(23-7)11(10)14(19)21/h1-4,7-8,10-11H. The fourth-order valence-electron chi connectivity index (χ4n) is 3.21. The van der Waals surface area contributed by atoms with Crippen LogP contribution in [0, 0.1) is 22.5 Å². The summed E-state index contributed by atoms with van der Waals surface area (Å²) in [5, 5.41) is 0.624. The van der Waals surface area contributed by atoms with Gasteiger partial charge in [-0.2, -0.15) is 0 Å². The number of halogens is 3. The van der Waals surface area contributed by atoms with Gasteiger partial charge in [-0.15, -0.1) is 5.06 Å². The zero-order chi connectivity index (χ0) is 17.2. The van der Waals surface area contributed by atoms with Crippen LogP contribution in [0.1, 0.15) is 10.4 Å². The van der Waals surface area contributed by atoms with Gasteiger partial charge in [-0.1, -0.05) is 12.2 Å². The van der Waals surface area contributed by atoms with Crippen molar-refractivity contribution in [3.63, 3.8) is 0 Å². The summed E-state index contributed by atoms with van der Waals surface area (Å²) in [6, 6.07) is 3.68. The monoisotopic (exact) mass is 663 g/mol. The highest BCUT2D eigenvalue weighted by Gasteiger charge is 2.62. The zero-order valence-electron chi connectivity index (χ0n) is 11.7. The van der Waals surface area contributed by atoms with Crippen molar-refractivity contribution in [2.24, 2.45) is 11.8 Å². The number of ether oxygens (including phenoxy) is 1. The molecule has 24 heavy (non-hydrogen) atoms. The number of hydrogen-bond acceptors (Lipinski definition) is 5. The van der Waals surface area contributed by atoms with Crippen molar-refractivity contribution in [3.8, 4) is 0 Å². The van der Waals surface area contributed by atoms with Gasteiger partial charge in [0.25, 0.3) is 11.8 Å². The predicted molar refractivity (Wildman–Crippen MR) is 107 cm³/mol. The zero-order valence-corrected chi connectivity index (χ0v) is 18.2. The molecule has 124 valence electrons. The highest BCUT2D eigenvalue weighted by atomic mass is 127. The van der Waals surface area contributed by atoms with Gasteiger partial charge in [0.1, 0.15) is 0 Å². The van der Waals surface area contributed by atoms with Crippen LogP contribution in [0.3, 0.4) is 0 Å². The number of hydrogen-bond donors (Lipinski definition) is 0. The normalized spacial score (nSPS) is 30.2. The molecule has 2 saturated heterocycles. The summed E-state index contributed by atoms with van der Waals surface area (Å²) in [4.78, 5) is 42.8. The first-order valence-corrected chi connectivity index (χ1v) is 10.2. The van der Waals surface area contributed by atoms with Gasteiger partial charge in [0.05, 0.1) is 29.6 Å². The molecule has 0 N–H and O–H groups in total. The molecule has 0 radical (unpaired) electrons. The molecule has 2 amide bonds. The van der Waals surface area contributed by atoms with E-state index in [-0.39, 0.29) is 0 Å². The molecule has 1 aromatic carbocycles. The molecule has 4 atom stereocenters. The molecular weight excluding hydrogens is 655 g/mol. The molecule has 2 bridgehead atoms. The van der Waals surface area contributed by atoms with E-state index in [1.54, 1.807) is 18.2 Å². The Morgan fingerprint density at radius 1 is 1.00 bits per heavy atom. The first-order chi connectivity index (χ1) is 11.4. The van der Waals surface area contributed by atoms with Crippen LogP contribution in [0.4, 0.5) is 0 Å². The smallest absolute Gasteiger partial charge is 0.365 e. The number of fused-ring (bicyclic) bond motifs is 5. The van der Waals surface area contributed by atoms with E-state index < -0.39 is 41.8 Å². The maximum Gasteiger partial charge on any atom is 0.366 e. The lowest BCUT2D eigenvalue weighted by atomic mass is 9.85. The number of rotatable bonds is 2. The Hall–Kier alpha value is -0.280. The Labute approximate surface area is 177 Å². The lowest BCUT2D eigenvalue weighted by Gasteiger charge is -2.17. The first-order valence-electron chi connectivity index (χ1n) is 6.97. The summed E-state index contributed by atoms with van der Waals surface area (Å²) in [5.41, 5.74) is 0.359. The van der Waals surface area contributed by atoms with Crippen molar-refractivity contribution in [3.05, 3.63) is 40.6 Å². The third kappa shape index (κ3) is 2.45. The van der Waals surface area contributed by atoms with E-state index in [0.717, 1.165) is 7.14 Å². The Morgan fingerprint density at radius 3 is 2.12 bits per heavy atom. The van der Waals surface area contributed by atoms with Crippen LogP contribution in [-0.2, 0) is 19.2 Å². The molecule has 0 spiro atoms. The van der Waals surface area contributed by atoms with Gasteiger partial charge in [-0.25, -0.2) is 4.79 Å². The Bertz CT molecular complexity index is 794. The van der Waals surface area contributed by atoms with Gasteiger partial charge < -0.3 is 9.57 Å². The molecule has 0 saturated carbocycles. The van der Waals surface area contributed by atoms with Gasteiger partial charge in [0.2, 0.25) is 0 Å². The van der Waals surface area contributed by atoms with E-state index in [2.05, 4.69) is 45.2 Å². The van der Waals surface area contributed by atoms with Crippen molar-refractivity contribution in [1.82, 2.24) is 5.06 Å². The minimum atomic E-state index is -0.704. The summed E-state index contributed by atoms with van der Waals surface area (Å²) >= 11 is 6.20. The molecule has 4 unspecified atom stereocenters. The average molecular weight is 663 g/mol. The lowest BCUT2D eigenvalue weighted by molar-refractivity contribution is -0.177. The van der Waals surface area contributed by atoms with Crippen molar-refractivity contribution >= 4 is 85.6 Å². The molecule has 3 aliphatic heterocycles. The van der Waals surface area contributed by atoms with Gasteiger partial charge in [0.15, 0.2) is 0 Å². The molecule has 6 nitrogen and oxygen atoms in total. The Balaban J connectivity index is 1.61. The van der Waals surface area contributed by atoms with E-state index >= 15 is 0 Å². The van der Waals surface area contributed by atoms with Crippen molar-refractivity contribution in [2.75, 3.05) is 0 Å². The molecule has 3 heterocycles. The predicted octanol–water partition coefficient (Wildman–Crippen LogP) is 2.51. The van der Waals surface area contributed by atoms with Crippen LogP contribution in [0.2, 0.25) is 0 Å². The second-order valence-corrected chi connectivity index (χ2v) is 8.97. The van der Waals surface area contributed by atoms with E-state index in [1.165, 1.54) is 0 Å². The Morgan fingerprint density at radius 2 is 1.54 bits per heavy atom. The van der Waals surface area contributed by atoms with Gasteiger partial charge in [-0.05, 0) is 79.9 Å². The number of nitrogens with zero attached hydrogens (tertiary/aromatic N) is 1. The van der Waals surface area contributed by atoms with Gasteiger partial charge >= 0.3 is 5.97 Å². The van der Waals surface area contributed by atoms with E-state index in [1.807, 2.05) is 28.7 Å². The molecule has 2 fully saturated rings. The number of hydroxylamine groups is 2. The molecular formula is C15H8I3NO5. The van der Waals surface area contributed by atoms with Crippen LogP contribution in [0.15, 0.2) is 24.3 Å². The van der Waals surface area contributed by atoms with Crippen molar-refractivity contribution in [2.45, 2.75) is 12.2 Å². The SMILES string of the molecule is O=C(ON1C(=O)C2C3C=CC(O3)C2C1=O)c1c(I)ccc(I)c1I. The third-order valence-corrected chi connectivity index (χ3v) is 8.24. The molecule has 9 heteroatoms. The van der Waals surface area contributed by atoms with Crippen LogP contribution in [0.5, 0.6) is 0 Å². The highest BCUT2D eigenvalue weighted by molar-refractivity contribution is 14.1. The summed E-state index contributed by atoms with van der Waals surface area (Å²) in [7, 11) is 0. The minimum Gasteiger partial charge on any atom is -0.365 e. The number of benzene rings is 1. The fourth-order valence-corrected chi connectivity index (χ4v) is 5.53. The molecule has 3 aliphatic rings. The minimum absolute atomic E-state index is 0.359. The van der Waals surface area contributed by atoms with E-state index in [9.17, 15) is 14.4 Å². The topological polar surface area (TPSA) is 72.9 Å². The maximum absolute atomic E-state index is 12.6. The molecule has 4 rings (SSSR count). The quantitative estimate of drug-likeness (QED) is 0.211. The average Bonchev–Trinajstić information content (AvgIpc) is 3.21. The second-order valence-electron chi connectivity index (χ2n) is 5.57. The fraction of sp³-hybridized carbons (Fsp3) is 0.267. The van der Waals surface area contributed by atoms with Crippen LogP contribution in [-0.4, -0.2) is 35.1 Å². The number of imide groups is 1. The second kappa shape index (κ2) is 6.16. The van der Waals surface area contributed by atoms with Crippen LogP contribution in [0.25, 0.3) is 0 Å². The lowest BCUT2D eigenvalue weighted by Crippen LogP contribution is -2.36. The number of amides is 2. The van der Waals surface area contributed by atoms with Crippen molar-refractivity contribution in [1.29, 1.82) is 0 Å². The highest BCUT2D eigenvalue weighted by Crippen LogP contribution is 2.45. The number of carbonyl (C=O) groups excluding carboxylic acids is 3. The third-order valence-electron chi connectivity index (χ3n) is 4.29. The Kier molecular flexibility index (Phi) is 4.40. The summed E-state index contributed by atoms with van der Waals surface area (Å²) in [6.07, 6.45) is 2.76. The number of carbonyl (C=O) groups is 3. The van der Waals surface area contributed by atoms with Gasteiger partial charge in [0, 0.05) is 10.7 Å². The van der Waals surface area contributed by atoms with Gasteiger partial charge in [-0.3, -0.25) is 9.59 Å². The first kappa shape index (κ1) is 17.1. The molecule has 1 aromatic rings. The van der Waals surface area contributed by atoms with E-state index in [4.69, 9.17) is 9.57 Å². The summed E-state index contributed by atoms with van der Waals surface area (Å²) in [5.74, 6) is -2.90. The maximum atomic E-state index is 12.6. The molecule has 0 aromatic heterocycles. The summed E-state index contributed by atoms with van der Waals surface area (Å²) in [6.45, 7) is 0. The van der Waals surface area contributed by atoms with Crippen LogP contribution < -0.4 is 0 Å². The molecule has 0 aliphatic carbocycles. The van der Waals surface area contributed by atoms with Crippen molar-refractivity contribution < 1.29 is 24.0 Å².